The molecule has 1 atom stereocenters. The average molecular weight is 282 g/mol. The van der Waals surface area contributed by atoms with Gasteiger partial charge in [-0.1, -0.05) is 30.3 Å². The first-order chi connectivity index (χ1) is 10.3. The number of aromatic nitrogens is 2. The third-order valence-corrected chi connectivity index (χ3v) is 4.92. The summed E-state index contributed by atoms with van der Waals surface area (Å²) in [5.74, 6) is 0.974. The molecule has 21 heavy (non-hydrogen) atoms. The third-order valence-electron chi connectivity index (χ3n) is 4.92. The molecule has 2 aliphatic heterocycles. The minimum absolute atomic E-state index is 0.544. The van der Waals surface area contributed by atoms with E-state index in [1.54, 1.807) is 0 Å². The monoisotopic (exact) mass is 282 g/mol. The lowest BCUT2D eigenvalue weighted by Gasteiger charge is -2.22. The molecule has 0 bridgehead atoms. The highest BCUT2D eigenvalue weighted by Gasteiger charge is 2.40. The second-order valence-electron chi connectivity index (χ2n) is 6.51. The van der Waals surface area contributed by atoms with Crippen LogP contribution >= 0.6 is 0 Å². The third kappa shape index (κ3) is 2.61. The molecule has 1 aromatic heterocycles. The summed E-state index contributed by atoms with van der Waals surface area (Å²) in [6.07, 6.45) is 4.65. The van der Waals surface area contributed by atoms with Crippen LogP contribution in [-0.2, 0) is 6.54 Å². The first-order valence-electron chi connectivity index (χ1n) is 7.85. The Kier molecular flexibility index (Phi) is 3.28. The molecular formula is C17H22N4. The Labute approximate surface area is 125 Å². The fourth-order valence-corrected chi connectivity index (χ4v) is 3.73. The lowest BCUT2D eigenvalue weighted by molar-refractivity contribution is 0.267. The molecule has 3 heterocycles. The van der Waals surface area contributed by atoms with Gasteiger partial charge in [-0.3, -0.25) is 4.90 Å². The van der Waals surface area contributed by atoms with Gasteiger partial charge in [-0.25, -0.2) is 4.98 Å². The van der Waals surface area contributed by atoms with E-state index in [1.165, 1.54) is 44.7 Å². The largest absolute Gasteiger partial charge is 0.341 e. The van der Waals surface area contributed by atoms with Gasteiger partial charge < -0.3 is 10.3 Å². The number of imidazole rings is 1. The van der Waals surface area contributed by atoms with Crippen LogP contribution in [0.3, 0.4) is 0 Å². The van der Waals surface area contributed by atoms with E-state index >= 15 is 0 Å². The Morgan fingerprint density at radius 3 is 2.90 bits per heavy atom. The Hall–Kier alpha value is -1.65. The SMILES string of the molecule is c1ccc(-c2ncc(CN3CCC4(CCNC4)C3)[nH]2)cc1. The molecule has 110 valence electrons. The minimum atomic E-state index is 0.544. The first kappa shape index (κ1) is 13.0. The van der Waals surface area contributed by atoms with Crippen molar-refractivity contribution in [3.63, 3.8) is 0 Å². The van der Waals surface area contributed by atoms with Gasteiger partial charge in [0.25, 0.3) is 0 Å². The Bertz CT molecular complexity index is 598. The molecule has 2 saturated heterocycles. The van der Waals surface area contributed by atoms with E-state index in [1.807, 2.05) is 12.3 Å². The lowest BCUT2D eigenvalue weighted by atomic mass is 9.87. The van der Waals surface area contributed by atoms with E-state index in [-0.39, 0.29) is 0 Å². The van der Waals surface area contributed by atoms with Gasteiger partial charge in [0, 0.05) is 37.1 Å². The van der Waals surface area contributed by atoms with Crippen LogP contribution in [0.1, 0.15) is 18.5 Å². The standard InChI is InChI=1S/C17H22N4/c1-2-4-14(5-3-1)16-19-10-15(20-16)11-21-9-7-17(13-21)6-8-18-12-17/h1-5,10,18H,6-9,11-13H2,(H,19,20). The second-order valence-corrected chi connectivity index (χ2v) is 6.51. The summed E-state index contributed by atoms with van der Waals surface area (Å²) in [6.45, 7) is 5.81. The summed E-state index contributed by atoms with van der Waals surface area (Å²) in [4.78, 5) is 10.6. The Balaban J connectivity index is 1.43. The highest BCUT2D eigenvalue weighted by atomic mass is 15.2. The highest BCUT2D eigenvalue weighted by Crippen LogP contribution is 2.36. The van der Waals surface area contributed by atoms with Crippen molar-refractivity contribution in [2.45, 2.75) is 19.4 Å². The van der Waals surface area contributed by atoms with Gasteiger partial charge in [-0.2, -0.15) is 0 Å². The number of nitrogens with zero attached hydrogens (tertiary/aromatic N) is 2. The molecule has 1 unspecified atom stereocenters. The van der Waals surface area contributed by atoms with E-state index in [4.69, 9.17) is 0 Å². The van der Waals surface area contributed by atoms with Crippen LogP contribution in [0.15, 0.2) is 36.5 Å². The van der Waals surface area contributed by atoms with Crippen LogP contribution in [0.4, 0.5) is 0 Å². The van der Waals surface area contributed by atoms with Gasteiger partial charge in [0.05, 0.1) is 0 Å². The van der Waals surface area contributed by atoms with Crippen LogP contribution < -0.4 is 5.32 Å². The number of rotatable bonds is 3. The quantitative estimate of drug-likeness (QED) is 0.907. The van der Waals surface area contributed by atoms with Crippen LogP contribution in [0.2, 0.25) is 0 Å². The number of nitrogens with one attached hydrogen (secondary N) is 2. The van der Waals surface area contributed by atoms with Crippen LogP contribution in [0.5, 0.6) is 0 Å². The van der Waals surface area contributed by atoms with Crippen molar-refractivity contribution in [1.29, 1.82) is 0 Å². The summed E-state index contributed by atoms with van der Waals surface area (Å²) in [6, 6.07) is 10.3. The van der Waals surface area contributed by atoms with Gasteiger partial charge >= 0.3 is 0 Å². The molecule has 4 nitrogen and oxygen atoms in total. The number of H-pyrrole nitrogens is 1. The molecule has 2 N–H and O–H groups in total. The fraction of sp³-hybridized carbons (Fsp3) is 0.471. The Morgan fingerprint density at radius 1 is 1.19 bits per heavy atom. The number of aromatic amines is 1. The smallest absolute Gasteiger partial charge is 0.137 e. The predicted octanol–water partition coefficient (Wildman–Crippen LogP) is 2.26. The summed E-state index contributed by atoms with van der Waals surface area (Å²) in [7, 11) is 0. The fourth-order valence-electron chi connectivity index (χ4n) is 3.73. The minimum Gasteiger partial charge on any atom is -0.341 e. The number of benzene rings is 1. The number of likely N-dealkylation sites (tertiary alicyclic amines) is 1. The Morgan fingerprint density at radius 2 is 2.10 bits per heavy atom. The molecule has 0 saturated carbocycles. The van der Waals surface area contributed by atoms with E-state index in [0.29, 0.717) is 5.41 Å². The molecule has 2 aromatic rings. The zero-order valence-electron chi connectivity index (χ0n) is 12.3. The van der Waals surface area contributed by atoms with Crippen LogP contribution in [0.25, 0.3) is 11.4 Å². The van der Waals surface area contributed by atoms with E-state index in [9.17, 15) is 0 Å². The summed E-state index contributed by atoms with van der Waals surface area (Å²) < 4.78 is 0. The lowest BCUT2D eigenvalue weighted by Crippen LogP contribution is -2.29. The van der Waals surface area contributed by atoms with Gasteiger partial charge in [0.15, 0.2) is 0 Å². The van der Waals surface area contributed by atoms with Gasteiger partial charge in [-0.15, -0.1) is 0 Å². The molecule has 0 aliphatic carbocycles. The van der Waals surface area contributed by atoms with E-state index in [2.05, 4.69) is 44.5 Å². The van der Waals surface area contributed by atoms with Crippen LogP contribution in [-0.4, -0.2) is 41.0 Å². The molecule has 2 fully saturated rings. The van der Waals surface area contributed by atoms with Crippen molar-refractivity contribution in [3.8, 4) is 11.4 Å². The van der Waals surface area contributed by atoms with Crippen molar-refractivity contribution in [2.75, 3.05) is 26.2 Å². The maximum absolute atomic E-state index is 4.52. The average Bonchev–Trinajstić information content (AvgIpc) is 3.24. The molecule has 1 aromatic carbocycles. The van der Waals surface area contributed by atoms with Crippen molar-refractivity contribution in [3.05, 3.63) is 42.2 Å². The topological polar surface area (TPSA) is 44.0 Å². The van der Waals surface area contributed by atoms with Crippen LogP contribution in [0, 0.1) is 5.41 Å². The normalized spacial score (nSPS) is 25.9. The first-order valence-corrected chi connectivity index (χ1v) is 7.85. The maximum Gasteiger partial charge on any atom is 0.137 e. The molecule has 2 aliphatic rings. The van der Waals surface area contributed by atoms with E-state index < -0.39 is 0 Å². The summed E-state index contributed by atoms with van der Waals surface area (Å²) >= 11 is 0. The molecular weight excluding hydrogens is 260 g/mol. The highest BCUT2D eigenvalue weighted by molar-refractivity contribution is 5.54. The van der Waals surface area contributed by atoms with Gasteiger partial charge in [0.1, 0.15) is 5.82 Å². The zero-order chi connectivity index (χ0) is 14.1. The second kappa shape index (κ2) is 5.28. The van der Waals surface area contributed by atoms with Crippen molar-refractivity contribution >= 4 is 0 Å². The van der Waals surface area contributed by atoms with Crippen molar-refractivity contribution in [2.24, 2.45) is 5.41 Å². The van der Waals surface area contributed by atoms with Crippen molar-refractivity contribution < 1.29 is 0 Å². The molecule has 0 amide bonds. The van der Waals surface area contributed by atoms with Gasteiger partial charge in [-0.05, 0) is 31.3 Å². The number of hydrogen-bond donors (Lipinski definition) is 2. The zero-order valence-corrected chi connectivity index (χ0v) is 12.3. The molecule has 4 heteroatoms. The predicted molar refractivity (Wildman–Crippen MR) is 83.8 cm³/mol. The number of hydrogen-bond acceptors (Lipinski definition) is 3. The maximum atomic E-state index is 4.52. The van der Waals surface area contributed by atoms with E-state index in [0.717, 1.165) is 17.9 Å². The van der Waals surface area contributed by atoms with Crippen molar-refractivity contribution in [1.82, 2.24) is 20.2 Å². The molecule has 4 rings (SSSR count). The molecule has 1 spiro atoms. The summed E-state index contributed by atoms with van der Waals surface area (Å²) in [5.41, 5.74) is 2.92. The molecule has 0 radical (unpaired) electrons. The van der Waals surface area contributed by atoms with Gasteiger partial charge in [0.2, 0.25) is 0 Å². The summed E-state index contributed by atoms with van der Waals surface area (Å²) in [5, 5.41) is 3.52.